The number of nitrogens with one attached hydrogen (secondary N) is 2. The molecule has 0 saturated carbocycles. The van der Waals surface area contributed by atoms with Crippen molar-refractivity contribution in [2.45, 2.75) is 19.3 Å². The van der Waals surface area contributed by atoms with Crippen LogP contribution in [0.1, 0.15) is 28.8 Å². The highest BCUT2D eigenvalue weighted by Gasteiger charge is 2.05. The molecule has 2 aromatic carbocycles. The van der Waals surface area contributed by atoms with Gasteiger partial charge >= 0.3 is 0 Å². The predicted molar refractivity (Wildman–Crippen MR) is 91.1 cm³/mol. The average molecular weight is 328 g/mol. The Morgan fingerprint density at radius 3 is 2.33 bits per heavy atom. The van der Waals surface area contributed by atoms with Crippen molar-refractivity contribution in [1.82, 2.24) is 10.6 Å². The number of amides is 2. The van der Waals surface area contributed by atoms with Gasteiger partial charge in [-0.2, -0.15) is 0 Å². The first-order chi connectivity index (χ1) is 11.7. The highest BCUT2D eigenvalue weighted by molar-refractivity contribution is 5.94. The van der Waals surface area contributed by atoms with Crippen LogP contribution < -0.4 is 10.6 Å². The largest absolute Gasteiger partial charge is 0.356 e. The minimum Gasteiger partial charge on any atom is -0.356 e. The normalized spacial score (nSPS) is 10.2. The maximum Gasteiger partial charge on any atom is 0.251 e. The number of hydrogen-bond acceptors (Lipinski definition) is 2. The Bertz CT molecular complexity index is 674. The van der Waals surface area contributed by atoms with Crippen LogP contribution in [0.15, 0.2) is 54.6 Å². The molecule has 0 bridgehead atoms. The summed E-state index contributed by atoms with van der Waals surface area (Å²) in [5.41, 5.74) is 1.19. The Balaban J connectivity index is 1.58. The van der Waals surface area contributed by atoms with Crippen LogP contribution in [0.4, 0.5) is 4.39 Å². The summed E-state index contributed by atoms with van der Waals surface area (Å²) in [6.45, 7) is 0.838. The van der Waals surface area contributed by atoms with Crippen LogP contribution in [0.5, 0.6) is 0 Å². The van der Waals surface area contributed by atoms with Gasteiger partial charge in [-0.25, -0.2) is 4.39 Å². The molecule has 0 saturated heterocycles. The highest BCUT2D eigenvalue weighted by Crippen LogP contribution is 2.06. The molecule has 0 aliphatic rings. The van der Waals surface area contributed by atoms with Gasteiger partial charge in [0, 0.05) is 25.1 Å². The molecular weight excluding hydrogens is 307 g/mol. The molecule has 4 nitrogen and oxygen atoms in total. The number of hydrogen-bond donors (Lipinski definition) is 2. The van der Waals surface area contributed by atoms with Crippen LogP contribution >= 0.6 is 0 Å². The van der Waals surface area contributed by atoms with Gasteiger partial charge in [0.15, 0.2) is 0 Å². The number of halogens is 1. The molecule has 2 aromatic rings. The van der Waals surface area contributed by atoms with Crippen molar-refractivity contribution in [3.8, 4) is 0 Å². The molecule has 0 heterocycles. The highest BCUT2D eigenvalue weighted by atomic mass is 19.1. The van der Waals surface area contributed by atoms with Crippen LogP contribution in [0.2, 0.25) is 0 Å². The van der Waals surface area contributed by atoms with E-state index in [1.54, 1.807) is 42.5 Å². The van der Waals surface area contributed by atoms with Gasteiger partial charge in [0.25, 0.3) is 5.91 Å². The van der Waals surface area contributed by atoms with Crippen LogP contribution in [-0.4, -0.2) is 24.9 Å². The number of carbonyl (C=O) groups is 2. The third-order valence-electron chi connectivity index (χ3n) is 3.58. The summed E-state index contributed by atoms with van der Waals surface area (Å²) in [4.78, 5) is 23.5. The monoisotopic (exact) mass is 328 g/mol. The Morgan fingerprint density at radius 1 is 0.875 bits per heavy atom. The first kappa shape index (κ1) is 17.7. The minimum atomic E-state index is -0.254. The van der Waals surface area contributed by atoms with E-state index in [9.17, 15) is 14.0 Å². The lowest BCUT2D eigenvalue weighted by Crippen LogP contribution is -2.28. The Hall–Kier alpha value is -2.69. The second-order valence-electron chi connectivity index (χ2n) is 5.42. The van der Waals surface area contributed by atoms with Gasteiger partial charge in [-0.1, -0.05) is 36.4 Å². The second-order valence-corrected chi connectivity index (χ2v) is 5.42. The Labute approximate surface area is 141 Å². The third kappa shape index (κ3) is 5.83. The summed E-state index contributed by atoms with van der Waals surface area (Å²) in [6.07, 6.45) is 1.35. The quantitative estimate of drug-likeness (QED) is 0.732. The lowest BCUT2D eigenvalue weighted by molar-refractivity contribution is -0.121. The van der Waals surface area contributed by atoms with Gasteiger partial charge in [-0.15, -0.1) is 0 Å². The minimum absolute atomic E-state index is 0.0969. The molecule has 0 aliphatic heterocycles. The fourth-order valence-electron chi connectivity index (χ4n) is 2.27. The van der Waals surface area contributed by atoms with E-state index >= 15 is 0 Å². The first-order valence-electron chi connectivity index (χ1n) is 8.00. The lowest BCUT2D eigenvalue weighted by atomic mass is 10.1. The van der Waals surface area contributed by atoms with Gasteiger partial charge in [-0.05, 0) is 36.6 Å². The van der Waals surface area contributed by atoms with E-state index in [4.69, 9.17) is 0 Å². The van der Waals surface area contributed by atoms with E-state index in [1.807, 2.05) is 6.07 Å². The maximum atomic E-state index is 13.4. The molecule has 0 spiro atoms. The molecule has 0 unspecified atom stereocenters. The van der Waals surface area contributed by atoms with Crippen LogP contribution in [0.3, 0.4) is 0 Å². The van der Waals surface area contributed by atoms with E-state index < -0.39 is 0 Å². The van der Waals surface area contributed by atoms with Crippen molar-refractivity contribution >= 4 is 11.8 Å². The average Bonchev–Trinajstić information content (AvgIpc) is 2.61. The molecule has 2 N–H and O–H groups in total. The summed E-state index contributed by atoms with van der Waals surface area (Å²) in [5, 5.41) is 5.54. The molecular formula is C19H21FN2O2. The Kier molecular flexibility index (Phi) is 6.95. The lowest BCUT2D eigenvalue weighted by Gasteiger charge is -2.07. The molecule has 2 rings (SSSR count). The van der Waals surface area contributed by atoms with Crippen molar-refractivity contribution in [2.75, 3.05) is 13.1 Å². The zero-order chi connectivity index (χ0) is 17.2. The molecule has 0 radical (unpaired) electrons. The van der Waals surface area contributed by atoms with E-state index in [-0.39, 0.29) is 17.6 Å². The van der Waals surface area contributed by atoms with Crippen molar-refractivity contribution in [3.05, 3.63) is 71.5 Å². The van der Waals surface area contributed by atoms with Gasteiger partial charge in [0.2, 0.25) is 5.91 Å². The Morgan fingerprint density at radius 2 is 1.58 bits per heavy atom. The molecule has 0 aliphatic carbocycles. The summed E-state index contributed by atoms with van der Waals surface area (Å²) in [5.74, 6) is -0.494. The van der Waals surface area contributed by atoms with Gasteiger partial charge in [0.1, 0.15) is 5.82 Å². The van der Waals surface area contributed by atoms with E-state index in [0.29, 0.717) is 43.5 Å². The standard InChI is InChI=1S/C19H21FN2O2/c20-17-10-5-4-7-15(17)12-14-21-18(23)11-6-13-22-19(24)16-8-2-1-3-9-16/h1-5,7-10H,6,11-14H2,(H,21,23)(H,22,24). The molecule has 2 amide bonds. The summed E-state index contributed by atoms with van der Waals surface area (Å²) < 4.78 is 13.4. The van der Waals surface area contributed by atoms with Gasteiger partial charge in [-0.3, -0.25) is 9.59 Å². The number of rotatable bonds is 8. The smallest absolute Gasteiger partial charge is 0.251 e. The molecule has 126 valence electrons. The maximum absolute atomic E-state index is 13.4. The molecule has 0 fully saturated rings. The second kappa shape index (κ2) is 9.45. The summed E-state index contributed by atoms with van der Waals surface area (Å²) in [7, 11) is 0. The van der Waals surface area contributed by atoms with E-state index in [1.165, 1.54) is 6.07 Å². The van der Waals surface area contributed by atoms with Crippen molar-refractivity contribution < 1.29 is 14.0 Å². The van der Waals surface area contributed by atoms with Gasteiger partial charge in [0.05, 0.1) is 0 Å². The molecule has 0 aromatic heterocycles. The van der Waals surface area contributed by atoms with Crippen molar-refractivity contribution in [2.24, 2.45) is 0 Å². The summed E-state index contributed by atoms with van der Waals surface area (Å²) >= 11 is 0. The first-order valence-corrected chi connectivity index (χ1v) is 8.00. The zero-order valence-corrected chi connectivity index (χ0v) is 13.4. The van der Waals surface area contributed by atoms with E-state index in [0.717, 1.165) is 0 Å². The SMILES string of the molecule is O=C(CCCNC(=O)c1ccccc1)NCCc1ccccc1F. The molecule has 24 heavy (non-hydrogen) atoms. The van der Waals surface area contributed by atoms with Crippen molar-refractivity contribution in [1.29, 1.82) is 0 Å². The third-order valence-corrected chi connectivity index (χ3v) is 3.58. The van der Waals surface area contributed by atoms with E-state index in [2.05, 4.69) is 10.6 Å². The van der Waals surface area contributed by atoms with Crippen molar-refractivity contribution in [3.63, 3.8) is 0 Å². The van der Waals surface area contributed by atoms with Crippen LogP contribution in [0.25, 0.3) is 0 Å². The number of benzene rings is 2. The molecule has 5 heteroatoms. The van der Waals surface area contributed by atoms with Gasteiger partial charge < -0.3 is 10.6 Å². The van der Waals surface area contributed by atoms with Crippen LogP contribution in [0, 0.1) is 5.82 Å². The molecule has 0 atom stereocenters. The summed E-state index contributed by atoms with van der Waals surface area (Å²) in [6, 6.07) is 15.5. The van der Waals surface area contributed by atoms with Crippen LogP contribution in [-0.2, 0) is 11.2 Å². The fraction of sp³-hybridized carbons (Fsp3) is 0.263. The topological polar surface area (TPSA) is 58.2 Å². The number of carbonyl (C=O) groups excluding carboxylic acids is 2. The predicted octanol–water partition coefficient (Wildman–Crippen LogP) is 2.69. The zero-order valence-electron chi connectivity index (χ0n) is 13.4. The fourth-order valence-corrected chi connectivity index (χ4v) is 2.27.